The van der Waals surface area contributed by atoms with Crippen molar-refractivity contribution in [2.45, 2.75) is 32.6 Å². The summed E-state index contributed by atoms with van der Waals surface area (Å²) in [4.78, 5) is 23.1. The molecule has 0 radical (unpaired) electrons. The molecule has 0 atom stereocenters. The average molecular weight is 310 g/mol. The minimum atomic E-state index is -0.481. The van der Waals surface area contributed by atoms with E-state index in [0.29, 0.717) is 17.7 Å². The second kappa shape index (κ2) is 8.13. The summed E-state index contributed by atoms with van der Waals surface area (Å²) in [6.45, 7) is 2.18. The SMILES string of the molecule is CCCCc1ccc(CC(=O)Nc2ccc(C(N)=O)cc2)cc1. The van der Waals surface area contributed by atoms with Gasteiger partial charge in [-0.1, -0.05) is 37.6 Å². The largest absolute Gasteiger partial charge is 0.366 e. The Kier molecular flexibility index (Phi) is 5.92. The lowest BCUT2D eigenvalue weighted by molar-refractivity contribution is -0.115. The third-order valence-corrected chi connectivity index (χ3v) is 3.66. The molecule has 0 aliphatic rings. The van der Waals surface area contributed by atoms with E-state index in [9.17, 15) is 9.59 Å². The van der Waals surface area contributed by atoms with Crippen LogP contribution >= 0.6 is 0 Å². The molecule has 0 heterocycles. The molecule has 0 saturated carbocycles. The van der Waals surface area contributed by atoms with Crippen molar-refractivity contribution in [3.63, 3.8) is 0 Å². The number of primary amides is 1. The van der Waals surface area contributed by atoms with Crippen molar-refractivity contribution in [2.24, 2.45) is 5.73 Å². The smallest absolute Gasteiger partial charge is 0.248 e. The molecule has 0 bridgehead atoms. The average Bonchev–Trinajstić information content (AvgIpc) is 2.54. The first-order chi connectivity index (χ1) is 11.1. The zero-order valence-electron chi connectivity index (χ0n) is 13.3. The van der Waals surface area contributed by atoms with Crippen molar-refractivity contribution in [3.8, 4) is 0 Å². The number of benzene rings is 2. The van der Waals surface area contributed by atoms with E-state index in [1.165, 1.54) is 18.4 Å². The van der Waals surface area contributed by atoms with Crippen LogP contribution in [0.1, 0.15) is 41.3 Å². The zero-order chi connectivity index (χ0) is 16.7. The molecule has 0 spiro atoms. The van der Waals surface area contributed by atoms with Gasteiger partial charge >= 0.3 is 0 Å². The van der Waals surface area contributed by atoms with Crippen LogP contribution in [0, 0.1) is 0 Å². The number of carbonyl (C=O) groups is 2. The molecule has 3 N–H and O–H groups in total. The number of anilines is 1. The molecule has 4 heteroatoms. The van der Waals surface area contributed by atoms with Gasteiger partial charge in [0.2, 0.25) is 11.8 Å². The molecule has 4 nitrogen and oxygen atoms in total. The van der Waals surface area contributed by atoms with Crippen molar-refractivity contribution in [3.05, 3.63) is 65.2 Å². The zero-order valence-corrected chi connectivity index (χ0v) is 13.3. The van der Waals surface area contributed by atoms with Gasteiger partial charge in [-0.25, -0.2) is 0 Å². The van der Waals surface area contributed by atoms with Crippen molar-refractivity contribution < 1.29 is 9.59 Å². The molecular weight excluding hydrogens is 288 g/mol. The van der Waals surface area contributed by atoms with Crippen LogP contribution in [-0.4, -0.2) is 11.8 Å². The van der Waals surface area contributed by atoms with Crippen LogP contribution in [0.3, 0.4) is 0 Å². The van der Waals surface area contributed by atoms with E-state index in [0.717, 1.165) is 12.0 Å². The van der Waals surface area contributed by atoms with Crippen LogP contribution in [0.5, 0.6) is 0 Å². The number of unbranched alkanes of at least 4 members (excludes halogenated alkanes) is 1. The Morgan fingerprint density at radius 1 is 0.957 bits per heavy atom. The first-order valence-electron chi connectivity index (χ1n) is 7.86. The predicted molar refractivity (Wildman–Crippen MR) is 92.3 cm³/mol. The topological polar surface area (TPSA) is 72.2 Å². The lowest BCUT2D eigenvalue weighted by Gasteiger charge is -2.07. The number of nitrogens with one attached hydrogen (secondary N) is 1. The van der Waals surface area contributed by atoms with Crippen LogP contribution in [0.15, 0.2) is 48.5 Å². The third-order valence-electron chi connectivity index (χ3n) is 3.66. The number of amides is 2. The monoisotopic (exact) mass is 310 g/mol. The second-order valence-corrected chi connectivity index (χ2v) is 5.59. The van der Waals surface area contributed by atoms with Gasteiger partial charge in [0.1, 0.15) is 0 Å². The molecule has 0 aromatic heterocycles. The highest BCUT2D eigenvalue weighted by Crippen LogP contribution is 2.12. The Balaban J connectivity index is 1.90. The van der Waals surface area contributed by atoms with E-state index in [1.54, 1.807) is 24.3 Å². The third kappa shape index (κ3) is 5.25. The fourth-order valence-corrected chi connectivity index (χ4v) is 2.31. The maximum atomic E-state index is 12.1. The van der Waals surface area contributed by atoms with Crippen LogP contribution in [0.2, 0.25) is 0 Å². The van der Waals surface area contributed by atoms with Crippen LogP contribution in [0.4, 0.5) is 5.69 Å². The summed E-state index contributed by atoms with van der Waals surface area (Å²) in [6, 6.07) is 14.7. The van der Waals surface area contributed by atoms with Crippen molar-refractivity contribution >= 4 is 17.5 Å². The standard InChI is InChI=1S/C19H22N2O2/c1-2-3-4-14-5-7-15(8-6-14)13-18(22)21-17-11-9-16(10-12-17)19(20)23/h5-12H,2-4,13H2,1H3,(H2,20,23)(H,21,22). The first-order valence-corrected chi connectivity index (χ1v) is 7.86. The Labute approximate surface area is 136 Å². The number of hydrogen-bond acceptors (Lipinski definition) is 2. The Bertz CT molecular complexity index is 661. The van der Waals surface area contributed by atoms with Gasteiger partial charge < -0.3 is 11.1 Å². The van der Waals surface area contributed by atoms with Gasteiger partial charge in [-0.15, -0.1) is 0 Å². The Hall–Kier alpha value is -2.62. The van der Waals surface area contributed by atoms with E-state index in [-0.39, 0.29) is 5.91 Å². The van der Waals surface area contributed by atoms with Crippen molar-refractivity contribution in [1.82, 2.24) is 0 Å². The fraction of sp³-hybridized carbons (Fsp3) is 0.263. The van der Waals surface area contributed by atoms with Gasteiger partial charge in [0.05, 0.1) is 6.42 Å². The van der Waals surface area contributed by atoms with Crippen LogP contribution in [0.25, 0.3) is 0 Å². The summed E-state index contributed by atoms with van der Waals surface area (Å²) in [6.07, 6.45) is 3.76. The van der Waals surface area contributed by atoms with E-state index < -0.39 is 5.91 Å². The lowest BCUT2D eigenvalue weighted by atomic mass is 10.0. The Morgan fingerprint density at radius 2 is 1.57 bits per heavy atom. The molecule has 2 aromatic rings. The number of carbonyl (C=O) groups excluding carboxylic acids is 2. The summed E-state index contributed by atoms with van der Waals surface area (Å²) < 4.78 is 0. The molecule has 2 amide bonds. The molecule has 120 valence electrons. The fourth-order valence-electron chi connectivity index (χ4n) is 2.31. The number of rotatable bonds is 7. The molecule has 0 fully saturated rings. The minimum Gasteiger partial charge on any atom is -0.366 e. The van der Waals surface area contributed by atoms with Crippen LogP contribution in [-0.2, 0) is 17.6 Å². The highest BCUT2D eigenvalue weighted by molar-refractivity contribution is 5.95. The summed E-state index contributed by atoms with van der Waals surface area (Å²) in [7, 11) is 0. The first kappa shape index (κ1) is 16.7. The predicted octanol–water partition coefficient (Wildman–Crippen LogP) is 3.31. The van der Waals surface area contributed by atoms with E-state index in [4.69, 9.17) is 5.73 Å². The highest BCUT2D eigenvalue weighted by atomic mass is 16.1. The summed E-state index contributed by atoms with van der Waals surface area (Å²) in [5.74, 6) is -0.566. The molecule has 0 unspecified atom stereocenters. The number of hydrogen-bond donors (Lipinski definition) is 2. The van der Waals surface area contributed by atoms with Crippen molar-refractivity contribution in [1.29, 1.82) is 0 Å². The van der Waals surface area contributed by atoms with Gasteiger partial charge in [-0.2, -0.15) is 0 Å². The highest BCUT2D eigenvalue weighted by Gasteiger charge is 2.05. The summed E-state index contributed by atoms with van der Waals surface area (Å²) in [5.41, 5.74) is 8.54. The van der Waals surface area contributed by atoms with Crippen molar-refractivity contribution in [2.75, 3.05) is 5.32 Å². The number of aryl methyl sites for hydroxylation is 1. The maximum absolute atomic E-state index is 12.1. The maximum Gasteiger partial charge on any atom is 0.248 e. The molecular formula is C19H22N2O2. The summed E-state index contributed by atoms with van der Waals surface area (Å²) in [5, 5.41) is 2.81. The van der Waals surface area contributed by atoms with Gasteiger partial charge in [-0.05, 0) is 48.2 Å². The molecule has 0 aliphatic heterocycles. The Morgan fingerprint density at radius 3 is 2.13 bits per heavy atom. The van der Waals surface area contributed by atoms with E-state index in [2.05, 4.69) is 24.4 Å². The lowest BCUT2D eigenvalue weighted by Crippen LogP contribution is -2.15. The minimum absolute atomic E-state index is 0.0851. The molecule has 0 aliphatic carbocycles. The molecule has 23 heavy (non-hydrogen) atoms. The van der Waals surface area contributed by atoms with Crippen LogP contribution < -0.4 is 11.1 Å². The summed E-state index contributed by atoms with van der Waals surface area (Å²) >= 11 is 0. The molecule has 2 rings (SSSR count). The quantitative estimate of drug-likeness (QED) is 0.823. The second-order valence-electron chi connectivity index (χ2n) is 5.59. The van der Waals surface area contributed by atoms with Gasteiger partial charge in [0.25, 0.3) is 0 Å². The van der Waals surface area contributed by atoms with Gasteiger partial charge in [-0.3, -0.25) is 9.59 Å². The molecule has 0 saturated heterocycles. The number of nitrogens with two attached hydrogens (primary N) is 1. The normalized spacial score (nSPS) is 10.3. The van der Waals surface area contributed by atoms with Gasteiger partial charge in [0.15, 0.2) is 0 Å². The van der Waals surface area contributed by atoms with E-state index in [1.807, 2.05) is 12.1 Å². The van der Waals surface area contributed by atoms with E-state index >= 15 is 0 Å². The van der Waals surface area contributed by atoms with Gasteiger partial charge in [0, 0.05) is 11.3 Å². The molecule has 2 aromatic carbocycles.